The number of imidazole rings is 1. The fraction of sp³-hybridized carbons (Fsp3) is 0.500. The molecule has 1 saturated heterocycles. The summed E-state index contributed by atoms with van der Waals surface area (Å²) in [5.74, 6) is -0.0647. The average molecular weight is 545 g/mol. The van der Waals surface area contributed by atoms with Gasteiger partial charge in [0.25, 0.3) is 0 Å². The van der Waals surface area contributed by atoms with Crippen LogP contribution >= 0.6 is 0 Å². The molecule has 2 aliphatic rings. The van der Waals surface area contributed by atoms with Gasteiger partial charge in [0.2, 0.25) is 0 Å². The van der Waals surface area contributed by atoms with E-state index < -0.39 is 47.3 Å². The molecule has 1 aliphatic heterocycles. The summed E-state index contributed by atoms with van der Waals surface area (Å²) in [5, 5.41) is 14.5. The first-order valence-electron chi connectivity index (χ1n) is 12.2. The summed E-state index contributed by atoms with van der Waals surface area (Å²) >= 11 is 0. The number of ether oxygens (including phenoxy) is 1. The van der Waals surface area contributed by atoms with Gasteiger partial charge in [-0.3, -0.25) is 0 Å². The van der Waals surface area contributed by atoms with Gasteiger partial charge in [0.15, 0.2) is 0 Å². The molecule has 2 aromatic carbocycles. The van der Waals surface area contributed by atoms with E-state index in [-0.39, 0.29) is 55.1 Å². The van der Waals surface area contributed by atoms with Crippen LogP contribution in [0.4, 0.5) is 30.7 Å². The van der Waals surface area contributed by atoms with Crippen LogP contribution in [-0.2, 0) is 18.0 Å². The van der Waals surface area contributed by atoms with Crippen molar-refractivity contribution < 1.29 is 40.6 Å². The molecule has 206 valence electrons. The predicted molar refractivity (Wildman–Crippen MR) is 124 cm³/mol. The molecule has 3 aromatic rings. The second-order valence-electron chi connectivity index (χ2n) is 10.3. The summed E-state index contributed by atoms with van der Waals surface area (Å²) in [7, 11) is 0. The maximum absolute atomic E-state index is 14.0. The van der Waals surface area contributed by atoms with Gasteiger partial charge in [0, 0.05) is 24.2 Å². The van der Waals surface area contributed by atoms with Crippen LogP contribution in [0.15, 0.2) is 42.7 Å². The van der Waals surface area contributed by atoms with Gasteiger partial charge >= 0.3 is 12.4 Å². The lowest BCUT2D eigenvalue weighted by Crippen LogP contribution is -2.53. The largest absolute Gasteiger partial charge is 0.492 e. The van der Waals surface area contributed by atoms with Gasteiger partial charge in [-0.25, -0.2) is 9.37 Å². The van der Waals surface area contributed by atoms with Gasteiger partial charge in [-0.2, -0.15) is 26.3 Å². The van der Waals surface area contributed by atoms with Gasteiger partial charge in [0.1, 0.15) is 18.5 Å². The van der Waals surface area contributed by atoms with Crippen LogP contribution in [0.2, 0.25) is 0 Å². The molecule has 0 radical (unpaired) electrons. The fourth-order valence-corrected chi connectivity index (χ4v) is 5.50. The van der Waals surface area contributed by atoms with Crippen LogP contribution in [0, 0.1) is 0 Å². The van der Waals surface area contributed by atoms with E-state index in [1.54, 1.807) is 6.92 Å². The Labute approximate surface area is 213 Å². The minimum atomic E-state index is -4.70. The van der Waals surface area contributed by atoms with Crippen LogP contribution in [0.25, 0.3) is 11.0 Å². The minimum absolute atomic E-state index is 0.0647. The molecule has 3 atom stereocenters. The monoisotopic (exact) mass is 545 g/mol. The van der Waals surface area contributed by atoms with E-state index in [0.29, 0.717) is 5.56 Å². The maximum atomic E-state index is 14.0. The SMILES string of the molecule is C[C@H]1C[C@@](O)(c2ccc(C(F)(F)F)cc2)C[C@@H](COc2cc(C(F)(F)F)c3c(c2)ncn3C2CC(F)C2)N1. The fourth-order valence-electron chi connectivity index (χ4n) is 5.50. The summed E-state index contributed by atoms with van der Waals surface area (Å²) in [6, 6.07) is 5.46. The lowest BCUT2D eigenvalue weighted by Gasteiger charge is -2.41. The number of fused-ring (bicyclic) bond motifs is 1. The zero-order valence-corrected chi connectivity index (χ0v) is 20.3. The zero-order chi connectivity index (χ0) is 27.5. The molecular weight excluding hydrogens is 519 g/mol. The van der Waals surface area contributed by atoms with Gasteiger partial charge in [-0.1, -0.05) is 12.1 Å². The zero-order valence-electron chi connectivity index (χ0n) is 20.3. The Morgan fingerprint density at radius 1 is 1.05 bits per heavy atom. The Kier molecular flexibility index (Phi) is 6.62. The van der Waals surface area contributed by atoms with Crippen molar-refractivity contribution in [1.82, 2.24) is 14.9 Å². The average Bonchev–Trinajstić information content (AvgIpc) is 3.22. The minimum Gasteiger partial charge on any atom is -0.492 e. The van der Waals surface area contributed by atoms with Gasteiger partial charge in [-0.05, 0) is 56.4 Å². The molecule has 38 heavy (non-hydrogen) atoms. The summed E-state index contributed by atoms with van der Waals surface area (Å²) < 4.78 is 101. The molecule has 0 spiro atoms. The topological polar surface area (TPSA) is 59.3 Å². The van der Waals surface area contributed by atoms with Gasteiger partial charge < -0.3 is 19.7 Å². The molecule has 0 unspecified atom stereocenters. The van der Waals surface area contributed by atoms with Crippen molar-refractivity contribution in [2.24, 2.45) is 0 Å². The van der Waals surface area contributed by atoms with Crippen molar-refractivity contribution in [3.05, 3.63) is 59.4 Å². The number of alkyl halides is 7. The number of halogens is 7. The summed E-state index contributed by atoms with van der Waals surface area (Å²) in [4.78, 5) is 4.10. The van der Waals surface area contributed by atoms with Crippen LogP contribution in [0.3, 0.4) is 0 Å². The lowest BCUT2D eigenvalue weighted by atomic mass is 9.79. The molecule has 1 aromatic heterocycles. The van der Waals surface area contributed by atoms with E-state index in [0.717, 1.165) is 18.2 Å². The molecule has 1 saturated carbocycles. The van der Waals surface area contributed by atoms with Crippen LogP contribution in [-0.4, -0.2) is 39.5 Å². The van der Waals surface area contributed by atoms with E-state index in [1.807, 2.05) is 0 Å². The van der Waals surface area contributed by atoms with Crippen molar-refractivity contribution in [1.29, 1.82) is 0 Å². The molecule has 2 fully saturated rings. The molecule has 12 heteroatoms. The second kappa shape index (κ2) is 9.41. The normalized spacial score (nSPS) is 28.3. The van der Waals surface area contributed by atoms with Crippen LogP contribution in [0.5, 0.6) is 5.75 Å². The third-order valence-corrected chi connectivity index (χ3v) is 7.35. The molecule has 0 bridgehead atoms. The van der Waals surface area contributed by atoms with Crippen molar-refractivity contribution in [3.63, 3.8) is 0 Å². The molecule has 5 rings (SSSR count). The van der Waals surface area contributed by atoms with Crippen molar-refractivity contribution in [3.8, 4) is 5.75 Å². The van der Waals surface area contributed by atoms with Crippen LogP contribution in [0.1, 0.15) is 55.3 Å². The standard InChI is InChI=1S/C26H26F7N3O2/c1-14-10-24(37,15-2-4-16(5-3-15)25(28,29)30)11-18(35-14)12-38-20-8-21(26(31,32)33)23-22(9-20)34-13-36(23)19-6-17(27)7-19/h2-5,8-9,13-14,17-19,35,37H,6-7,10-12H2,1H3/t14-,17?,18-,19?,24-/m0/s1. The third-order valence-electron chi connectivity index (χ3n) is 7.35. The summed E-state index contributed by atoms with van der Waals surface area (Å²) in [5.41, 5.74) is -2.93. The first-order chi connectivity index (χ1) is 17.7. The van der Waals surface area contributed by atoms with Crippen molar-refractivity contribution >= 4 is 11.0 Å². The Balaban J connectivity index is 1.35. The highest BCUT2D eigenvalue weighted by atomic mass is 19.4. The quantitative estimate of drug-likeness (QED) is 0.378. The summed E-state index contributed by atoms with van der Waals surface area (Å²) in [6.07, 6.45) is -8.37. The molecule has 2 N–H and O–H groups in total. The highest BCUT2D eigenvalue weighted by Crippen LogP contribution is 2.43. The molecular formula is C26H26F7N3O2. The number of nitrogens with zero attached hydrogens (tertiary/aromatic N) is 2. The molecule has 5 nitrogen and oxygen atoms in total. The number of rotatable bonds is 5. The third kappa shape index (κ3) is 5.20. The predicted octanol–water partition coefficient (Wildman–Crippen LogP) is 6.15. The second-order valence-corrected chi connectivity index (χ2v) is 10.3. The van der Waals surface area contributed by atoms with Crippen LogP contribution < -0.4 is 10.1 Å². The number of nitrogens with one attached hydrogen (secondary N) is 1. The first kappa shape index (κ1) is 26.7. The van der Waals surface area contributed by atoms with E-state index in [9.17, 15) is 35.8 Å². The Morgan fingerprint density at radius 2 is 1.74 bits per heavy atom. The first-order valence-corrected chi connectivity index (χ1v) is 12.2. The van der Waals surface area contributed by atoms with E-state index >= 15 is 0 Å². The molecule has 2 heterocycles. The molecule has 0 amide bonds. The Morgan fingerprint density at radius 3 is 2.34 bits per heavy atom. The number of aliphatic hydroxyl groups is 1. The smallest absolute Gasteiger partial charge is 0.418 e. The lowest BCUT2D eigenvalue weighted by molar-refractivity contribution is -0.138. The van der Waals surface area contributed by atoms with Crippen molar-refractivity contribution in [2.75, 3.05) is 6.61 Å². The van der Waals surface area contributed by atoms with E-state index in [4.69, 9.17) is 4.74 Å². The van der Waals surface area contributed by atoms with Gasteiger partial charge in [-0.15, -0.1) is 0 Å². The highest BCUT2D eigenvalue weighted by molar-refractivity contribution is 5.82. The number of hydrogen-bond acceptors (Lipinski definition) is 4. The number of benzene rings is 2. The maximum Gasteiger partial charge on any atom is 0.418 e. The van der Waals surface area contributed by atoms with Crippen molar-refractivity contribution in [2.45, 2.75) is 74.9 Å². The molecule has 1 aliphatic carbocycles. The van der Waals surface area contributed by atoms with Gasteiger partial charge in [0.05, 0.1) is 34.1 Å². The van der Waals surface area contributed by atoms with E-state index in [1.165, 1.54) is 29.1 Å². The Bertz CT molecular complexity index is 1300. The Hall–Kier alpha value is -2.86. The number of aromatic nitrogens is 2. The van der Waals surface area contributed by atoms with E-state index in [2.05, 4.69) is 10.3 Å². The number of hydrogen-bond donors (Lipinski definition) is 2. The number of piperidine rings is 1. The highest BCUT2D eigenvalue weighted by Gasteiger charge is 2.41. The summed E-state index contributed by atoms with van der Waals surface area (Å²) in [6.45, 7) is 1.70.